The first-order valence-corrected chi connectivity index (χ1v) is 6.55. The minimum absolute atomic E-state index is 0.221. The van der Waals surface area contributed by atoms with Crippen LogP contribution in [0, 0.1) is 13.8 Å². The summed E-state index contributed by atoms with van der Waals surface area (Å²) in [7, 11) is 3.15. The molecular weight excluding hydrogens is 268 g/mol. The maximum Gasteiger partial charge on any atom is 0.336 e. The minimum atomic E-state index is -0.977. The maximum atomic E-state index is 11.5. The predicted octanol–water partition coefficient (Wildman–Crippen LogP) is 3.69. The van der Waals surface area contributed by atoms with Gasteiger partial charge >= 0.3 is 5.97 Å². The van der Waals surface area contributed by atoms with Crippen molar-refractivity contribution in [3.8, 4) is 22.6 Å². The number of carboxylic acid groups (broad SMARTS) is 1. The second-order valence-electron chi connectivity index (χ2n) is 4.86. The smallest absolute Gasteiger partial charge is 0.336 e. The summed E-state index contributed by atoms with van der Waals surface area (Å²) in [6.45, 7) is 3.89. The van der Waals surface area contributed by atoms with Gasteiger partial charge in [-0.3, -0.25) is 0 Å². The summed E-state index contributed by atoms with van der Waals surface area (Å²) in [5.74, 6) is 0.372. The number of carbonyl (C=O) groups is 1. The van der Waals surface area contributed by atoms with Crippen LogP contribution < -0.4 is 9.47 Å². The van der Waals surface area contributed by atoms with Crippen LogP contribution in [0.25, 0.3) is 11.1 Å². The second kappa shape index (κ2) is 5.87. The molecule has 4 nitrogen and oxygen atoms in total. The molecule has 0 aliphatic heterocycles. The molecule has 0 atom stereocenters. The van der Waals surface area contributed by atoms with Gasteiger partial charge in [0.1, 0.15) is 11.5 Å². The first-order chi connectivity index (χ1) is 9.97. The number of rotatable bonds is 4. The zero-order valence-electron chi connectivity index (χ0n) is 12.6. The highest BCUT2D eigenvalue weighted by Crippen LogP contribution is 2.33. The average molecular weight is 286 g/mol. The molecule has 0 saturated carbocycles. The van der Waals surface area contributed by atoms with E-state index in [4.69, 9.17) is 9.47 Å². The number of hydrogen-bond donors (Lipinski definition) is 1. The lowest BCUT2D eigenvalue weighted by Gasteiger charge is -2.13. The SMILES string of the molecule is COc1ccc(-c2cc(C)c(OC)c(C)c2)c(C(=O)O)c1. The quantitative estimate of drug-likeness (QED) is 0.931. The van der Waals surface area contributed by atoms with Crippen LogP contribution in [-0.2, 0) is 0 Å². The molecule has 21 heavy (non-hydrogen) atoms. The Morgan fingerprint density at radius 2 is 1.62 bits per heavy atom. The lowest BCUT2D eigenvalue weighted by Crippen LogP contribution is -2.01. The van der Waals surface area contributed by atoms with E-state index in [1.165, 1.54) is 13.2 Å². The van der Waals surface area contributed by atoms with Crippen molar-refractivity contribution in [2.24, 2.45) is 0 Å². The van der Waals surface area contributed by atoms with Gasteiger partial charge in [0.2, 0.25) is 0 Å². The van der Waals surface area contributed by atoms with E-state index in [2.05, 4.69) is 0 Å². The summed E-state index contributed by atoms with van der Waals surface area (Å²) in [6, 6.07) is 8.92. The molecule has 0 saturated heterocycles. The number of aryl methyl sites for hydroxylation is 2. The van der Waals surface area contributed by atoms with Crippen LogP contribution in [0.15, 0.2) is 30.3 Å². The third-order valence-electron chi connectivity index (χ3n) is 3.43. The zero-order valence-corrected chi connectivity index (χ0v) is 12.6. The fraction of sp³-hybridized carbons (Fsp3) is 0.235. The van der Waals surface area contributed by atoms with E-state index in [0.717, 1.165) is 22.4 Å². The van der Waals surface area contributed by atoms with Crippen LogP contribution in [0.3, 0.4) is 0 Å². The van der Waals surface area contributed by atoms with Crippen LogP contribution in [0.2, 0.25) is 0 Å². The third-order valence-corrected chi connectivity index (χ3v) is 3.43. The predicted molar refractivity (Wildman–Crippen MR) is 81.4 cm³/mol. The maximum absolute atomic E-state index is 11.5. The van der Waals surface area contributed by atoms with Gasteiger partial charge in [0.15, 0.2) is 0 Å². The van der Waals surface area contributed by atoms with Crippen molar-refractivity contribution in [3.05, 3.63) is 47.0 Å². The lowest BCUT2D eigenvalue weighted by atomic mass is 9.95. The van der Waals surface area contributed by atoms with E-state index in [9.17, 15) is 9.90 Å². The van der Waals surface area contributed by atoms with E-state index in [-0.39, 0.29) is 5.56 Å². The molecule has 0 heterocycles. The Balaban J connectivity index is 2.64. The van der Waals surface area contributed by atoms with Crippen molar-refractivity contribution in [2.45, 2.75) is 13.8 Å². The van der Waals surface area contributed by atoms with Crippen molar-refractivity contribution < 1.29 is 19.4 Å². The number of carboxylic acids is 1. The van der Waals surface area contributed by atoms with Crippen LogP contribution >= 0.6 is 0 Å². The Kier molecular flexibility index (Phi) is 4.17. The molecule has 0 spiro atoms. The molecule has 0 aliphatic carbocycles. The van der Waals surface area contributed by atoms with E-state index in [1.807, 2.05) is 26.0 Å². The fourth-order valence-electron chi connectivity index (χ4n) is 2.51. The molecule has 4 heteroatoms. The largest absolute Gasteiger partial charge is 0.497 e. The summed E-state index contributed by atoms with van der Waals surface area (Å²) in [6.07, 6.45) is 0. The average Bonchev–Trinajstić information content (AvgIpc) is 2.46. The Bertz CT molecular complexity index is 666. The highest BCUT2D eigenvalue weighted by Gasteiger charge is 2.15. The van der Waals surface area contributed by atoms with Gasteiger partial charge in [0, 0.05) is 0 Å². The normalized spacial score (nSPS) is 10.3. The molecule has 0 radical (unpaired) electrons. The highest BCUT2D eigenvalue weighted by molar-refractivity contribution is 5.96. The molecule has 0 bridgehead atoms. The van der Waals surface area contributed by atoms with Gasteiger partial charge in [-0.1, -0.05) is 0 Å². The molecule has 0 unspecified atom stereocenters. The summed E-state index contributed by atoms with van der Waals surface area (Å²) in [5.41, 5.74) is 3.68. The van der Waals surface area contributed by atoms with Crippen LogP contribution in [0.1, 0.15) is 21.5 Å². The summed E-state index contributed by atoms with van der Waals surface area (Å²) in [4.78, 5) is 11.5. The highest BCUT2D eigenvalue weighted by atomic mass is 16.5. The molecule has 0 aliphatic rings. The Hall–Kier alpha value is -2.49. The molecule has 110 valence electrons. The molecule has 0 aromatic heterocycles. The van der Waals surface area contributed by atoms with Crippen LogP contribution in [-0.4, -0.2) is 25.3 Å². The first kappa shape index (κ1) is 14.9. The molecule has 0 amide bonds. The van der Waals surface area contributed by atoms with Gasteiger partial charge in [-0.2, -0.15) is 0 Å². The number of ether oxygens (including phenoxy) is 2. The summed E-state index contributed by atoms with van der Waals surface area (Å²) < 4.78 is 10.4. The molecule has 0 fully saturated rings. The molecule has 1 N–H and O–H groups in total. The topological polar surface area (TPSA) is 55.8 Å². The number of aromatic carboxylic acids is 1. The Morgan fingerprint density at radius 1 is 1.00 bits per heavy atom. The van der Waals surface area contributed by atoms with E-state index in [1.54, 1.807) is 19.2 Å². The monoisotopic (exact) mass is 286 g/mol. The summed E-state index contributed by atoms with van der Waals surface area (Å²) in [5, 5.41) is 9.41. The second-order valence-corrected chi connectivity index (χ2v) is 4.86. The van der Waals surface area contributed by atoms with Crippen molar-refractivity contribution >= 4 is 5.97 Å². The van der Waals surface area contributed by atoms with Gasteiger partial charge < -0.3 is 14.6 Å². The van der Waals surface area contributed by atoms with Crippen molar-refractivity contribution in [2.75, 3.05) is 14.2 Å². The van der Waals surface area contributed by atoms with Gasteiger partial charge in [-0.15, -0.1) is 0 Å². The Labute approximate surface area is 123 Å². The van der Waals surface area contributed by atoms with E-state index >= 15 is 0 Å². The number of methoxy groups -OCH3 is 2. The molecular formula is C17H18O4. The van der Waals surface area contributed by atoms with Crippen LogP contribution in [0.4, 0.5) is 0 Å². The van der Waals surface area contributed by atoms with Crippen LogP contribution in [0.5, 0.6) is 11.5 Å². The number of benzene rings is 2. The lowest BCUT2D eigenvalue weighted by molar-refractivity contribution is 0.0697. The van der Waals surface area contributed by atoms with Gasteiger partial charge in [-0.05, 0) is 66.4 Å². The van der Waals surface area contributed by atoms with Crippen molar-refractivity contribution in [3.63, 3.8) is 0 Å². The Morgan fingerprint density at radius 3 is 2.10 bits per heavy atom. The standard InChI is InChI=1S/C17H18O4/c1-10-7-12(8-11(2)16(10)21-4)14-6-5-13(20-3)9-15(14)17(18)19/h5-9H,1-4H3,(H,18,19). The van der Waals surface area contributed by atoms with E-state index < -0.39 is 5.97 Å². The molecule has 2 rings (SSSR count). The minimum Gasteiger partial charge on any atom is -0.497 e. The van der Waals surface area contributed by atoms with Gasteiger partial charge in [0.05, 0.1) is 19.8 Å². The molecule has 2 aromatic carbocycles. The van der Waals surface area contributed by atoms with E-state index in [0.29, 0.717) is 11.3 Å². The zero-order chi connectivity index (χ0) is 15.6. The third kappa shape index (κ3) is 2.84. The van der Waals surface area contributed by atoms with Crippen molar-refractivity contribution in [1.82, 2.24) is 0 Å². The van der Waals surface area contributed by atoms with Crippen molar-refractivity contribution in [1.29, 1.82) is 0 Å². The van der Waals surface area contributed by atoms with Gasteiger partial charge in [-0.25, -0.2) is 4.79 Å². The fourth-order valence-corrected chi connectivity index (χ4v) is 2.51. The van der Waals surface area contributed by atoms with Gasteiger partial charge in [0.25, 0.3) is 0 Å². The number of hydrogen-bond acceptors (Lipinski definition) is 3. The first-order valence-electron chi connectivity index (χ1n) is 6.55. The summed E-state index contributed by atoms with van der Waals surface area (Å²) >= 11 is 0. The molecule has 2 aromatic rings.